The lowest BCUT2D eigenvalue weighted by atomic mass is 9.88. The van der Waals surface area contributed by atoms with Crippen molar-refractivity contribution in [2.45, 2.75) is 50.2 Å². The summed E-state index contributed by atoms with van der Waals surface area (Å²) in [4.78, 5) is 0. The first-order chi connectivity index (χ1) is 14.6. The van der Waals surface area contributed by atoms with E-state index in [0.717, 1.165) is 50.1 Å². The predicted octanol–water partition coefficient (Wildman–Crippen LogP) is 6.60. The Kier molecular flexibility index (Phi) is 5.64. The van der Waals surface area contributed by atoms with Crippen LogP contribution >= 0.6 is 0 Å². The Bertz CT molecular complexity index is 1100. The van der Waals surface area contributed by atoms with Crippen molar-refractivity contribution in [1.29, 1.82) is 0 Å². The molecule has 0 radical (unpaired) electrons. The van der Waals surface area contributed by atoms with Crippen LogP contribution in [0.25, 0.3) is 21.5 Å². The summed E-state index contributed by atoms with van der Waals surface area (Å²) < 4.78 is 81.0. The maximum atomic E-state index is 13.7. The van der Waals surface area contributed by atoms with Gasteiger partial charge in [0, 0.05) is 11.4 Å². The van der Waals surface area contributed by atoms with Crippen LogP contribution in [0.5, 0.6) is 0 Å². The molecule has 4 rings (SSSR count). The molecule has 31 heavy (non-hydrogen) atoms. The van der Waals surface area contributed by atoms with Crippen LogP contribution in [0.1, 0.15) is 48.5 Å². The number of rotatable bonds is 3. The molecule has 0 aromatic heterocycles. The standard InChI is InChI=1S/C23H21F6NO/c24-22(25,26)14-7-8-16-17(20(31)12-15-5-1-2-9-30-15)10-13-4-3-6-19(23(27,28)29)21(13)18(16)11-14/h3-4,6-8,10-11,15,20,30-31H,1-2,5,9,12H2. The molecule has 2 atom stereocenters. The van der Waals surface area contributed by atoms with Crippen LogP contribution < -0.4 is 5.32 Å². The molecule has 1 saturated heterocycles. The number of benzene rings is 3. The van der Waals surface area contributed by atoms with Crippen molar-refractivity contribution in [1.82, 2.24) is 5.32 Å². The minimum absolute atomic E-state index is 0.0467. The van der Waals surface area contributed by atoms with Gasteiger partial charge in [0.1, 0.15) is 0 Å². The smallest absolute Gasteiger partial charge is 0.388 e. The molecular weight excluding hydrogens is 420 g/mol. The van der Waals surface area contributed by atoms with Gasteiger partial charge in [0.15, 0.2) is 0 Å². The van der Waals surface area contributed by atoms with Gasteiger partial charge in [-0.05, 0) is 71.8 Å². The number of alkyl halides is 6. The van der Waals surface area contributed by atoms with Crippen molar-refractivity contribution < 1.29 is 31.4 Å². The number of hydrogen-bond donors (Lipinski definition) is 2. The number of piperidine rings is 1. The fourth-order valence-corrected chi connectivity index (χ4v) is 4.45. The summed E-state index contributed by atoms with van der Waals surface area (Å²) in [7, 11) is 0. The molecule has 3 aromatic carbocycles. The third-order valence-corrected chi connectivity index (χ3v) is 5.92. The zero-order chi connectivity index (χ0) is 22.4. The van der Waals surface area contributed by atoms with Crippen LogP contribution in [0.3, 0.4) is 0 Å². The lowest BCUT2D eigenvalue weighted by molar-refractivity contribution is -0.137. The molecule has 1 aliphatic rings. The zero-order valence-electron chi connectivity index (χ0n) is 16.4. The highest BCUT2D eigenvalue weighted by Gasteiger charge is 2.35. The van der Waals surface area contributed by atoms with Crippen molar-refractivity contribution in [3.05, 3.63) is 59.2 Å². The molecule has 8 heteroatoms. The van der Waals surface area contributed by atoms with Crippen LogP contribution in [-0.2, 0) is 12.4 Å². The first kappa shape index (κ1) is 21.9. The van der Waals surface area contributed by atoms with Gasteiger partial charge in [-0.15, -0.1) is 0 Å². The van der Waals surface area contributed by atoms with Crippen molar-refractivity contribution in [2.75, 3.05) is 6.54 Å². The SMILES string of the molecule is OC(CC1CCCCN1)c1cc2cccc(C(F)(F)F)c2c2cc(C(F)(F)F)ccc12. The maximum absolute atomic E-state index is 13.7. The Labute approximate surface area is 174 Å². The van der Waals surface area contributed by atoms with Crippen molar-refractivity contribution in [3.63, 3.8) is 0 Å². The molecule has 1 fully saturated rings. The number of nitrogens with one attached hydrogen (secondary N) is 1. The second-order valence-electron chi connectivity index (χ2n) is 8.02. The molecule has 0 aliphatic carbocycles. The molecule has 0 spiro atoms. The number of aliphatic hydroxyl groups is 1. The second kappa shape index (κ2) is 7.98. The Morgan fingerprint density at radius 1 is 0.935 bits per heavy atom. The Morgan fingerprint density at radius 2 is 1.71 bits per heavy atom. The topological polar surface area (TPSA) is 32.3 Å². The number of hydrogen-bond acceptors (Lipinski definition) is 2. The van der Waals surface area contributed by atoms with Gasteiger partial charge in [0.25, 0.3) is 0 Å². The quantitative estimate of drug-likeness (QED) is 0.355. The average Bonchev–Trinajstić information content (AvgIpc) is 2.71. The zero-order valence-corrected chi connectivity index (χ0v) is 16.4. The van der Waals surface area contributed by atoms with Crippen LogP contribution in [-0.4, -0.2) is 17.7 Å². The molecule has 2 unspecified atom stereocenters. The molecule has 166 valence electrons. The summed E-state index contributed by atoms with van der Waals surface area (Å²) in [6.45, 7) is 0.819. The van der Waals surface area contributed by atoms with Gasteiger partial charge in [-0.1, -0.05) is 24.6 Å². The number of fused-ring (bicyclic) bond motifs is 3. The van der Waals surface area contributed by atoms with Crippen molar-refractivity contribution >= 4 is 21.5 Å². The minimum Gasteiger partial charge on any atom is -0.388 e. The van der Waals surface area contributed by atoms with Crippen LogP contribution in [0.15, 0.2) is 42.5 Å². The second-order valence-corrected chi connectivity index (χ2v) is 8.02. The van der Waals surface area contributed by atoms with Crippen LogP contribution in [0.2, 0.25) is 0 Å². The number of halogens is 6. The molecule has 2 nitrogen and oxygen atoms in total. The Hall–Kier alpha value is -2.32. The van der Waals surface area contributed by atoms with Gasteiger partial charge in [0.2, 0.25) is 0 Å². The summed E-state index contributed by atoms with van der Waals surface area (Å²) >= 11 is 0. The first-order valence-electron chi connectivity index (χ1n) is 10.1. The lowest BCUT2D eigenvalue weighted by Crippen LogP contribution is -2.35. The molecule has 1 aliphatic heterocycles. The van der Waals surface area contributed by atoms with E-state index in [1.165, 1.54) is 18.2 Å². The molecular formula is C23H21F6NO. The molecule has 0 amide bonds. The number of aliphatic hydroxyl groups excluding tert-OH is 1. The Balaban J connectivity index is 1.95. The minimum atomic E-state index is -4.73. The molecule has 0 bridgehead atoms. The predicted molar refractivity (Wildman–Crippen MR) is 107 cm³/mol. The van der Waals surface area contributed by atoms with Crippen LogP contribution in [0, 0.1) is 0 Å². The molecule has 0 saturated carbocycles. The normalized spacial score (nSPS) is 19.1. The maximum Gasteiger partial charge on any atom is 0.417 e. The average molecular weight is 441 g/mol. The van der Waals surface area contributed by atoms with E-state index in [1.807, 2.05) is 0 Å². The lowest BCUT2D eigenvalue weighted by Gasteiger charge is -2.26. The third kappa shape index (κ3) is 4.36. The fraction of sp³-hybridized carbons (Fsp3) is 0.391. The highest BCUT2D eigenvalue weighted by atomic mass is 19.4. The van der Waals surface area contributed by atoms with Gasteiger partial charge in [0.05, 0.1) is 17.2 Å². The monoisotopic (exact) mass is 441 g/mol. The highest BCUT2D eigenvalue weighted by molar-refractivity contribution is 6.11. The van der Waals surface area contributed by atoms with E-state index in [1.54, 1.807) is 0 Å². The van der Waals surface area contributed by atoms with E-state index in [9.17, 15) is 31.4 Å². The van der Waals surface area contributed by atoms with Gasteiger partial charge in [-0.3, -0.25) is 0 Å². The van der Waals surface area contributed by atoms with E-state index in [-0.39, 0.29) is 27.6 Å². The van der Waals surface area contributed by atoms with Gasteiger partial charge in [-0.25, -0.2) is 0 Å². The molecule has 2 N–H and O–H groups in total. The van der Waals surface area contributed by atoms with Crippen molar-refractivity contribution in [3.8, 4) is 0 Å². The largest absolute Gasteiger partial charge is 0.417 e. The Morgan fingerprint density at radius 3 is 2.35 bits per heavy atom. The van der Waals surface area contributed by atoms with E-state index in [2.05, 4.69) is 5.32 Å². The summed E-state index contributed by atoms with van der Waals surface area (Å²) in [5.41, 5.74) is -1.69. The third-order valence-electron chi connectivity index (χ3n) is 5.92. The van der Waals surface area contributed by atoms with Gasteiger partial charge in [-0.2, -0.15) is 26.3 Å². The highest BCUT2D eigenvalue weighted by Crippen LogP contribution is 2.42. The van der Waals surface area contributed by atoms with Gasteiger partial charge >= 0.3 is 12.4 Å². The van der Waals surface area contributed by atoms with Gasteiger partial charge < -0.3 is 10.4 Å². The van der Waals surface area contributed by atoms with E-state index in [4.69, 9.17) is 0 Å². The van der Waals surface area contributed by atoms with E-state index < -0.39 is 29.6 Å². The summed E-state index contributed by atoms with van der Waals surface area (Å²) in [6.07, 6.45) is -7.21. The first-order valence-corrected chi connectivity index (χ1v) is 10.1. The van der Waals surface area contributed by atoms with Crippen molar-refractivity contribution in [2.24, 2.45) is 0 Å². The fourth-order valence-electron chi connectivity index (χ4n) is 4.45. The summed E-state index contributed by atoms with van der Waals surface area (Å²) in [5, 5.41) is 14.1. The van der Waals surface area contributed by atoms with Crippen LogP contribution in [0.4, 0.5) is 26.3 Å². The summed E-state index contributed by atoms with van der Waals surface area (Å²) in [6, 6.07) is 7.80. The molecule has 3 aromatic rings. The summed E-state index contributed by atoms with van der Waals surface area (Å²) in [5.74, 6) is 0. The molecule has 1 heterocycles. The van der Waals surface area contributed by atoms with E-state index in [0.29, 0.717) is 12.0 Å². The van der Waals surface area contributed by atoms with E-state index >= 15 is 0 Å².